The highest BCUT2D eigenvalue weighted by atomic mass is 35.5. The SMILES string of the molecule is Cc1ccc(NC(=O)N2CCN(C(=O)c3cc(C)n(-c4ccccc4)n3)CC2)cc1Cl. The molecule has 0 spiro atoms. The van der Waals surface area contributed by atoms with Crippen LogP contribution in [0.1, 0.15) is 21.7 Å². The van der Waals surface area contributed by atoms with Crippen LogP contribution < -0.4 is 5.32 Å². The zero-order chi connectivity index (χ0) is 22.0. The van der Waals surface area contributed by atoms with Gasteiger partial charge in [0, 0.05) is 42.6 Å². The molecule has 0 atom stereocenters. The summed E-state index contributed by atoms with van der Waals surface area (Å²) >= 11 is 6.13. The van der Waals surface area contributed by atoms with Crippen LogP contribution in [0.5, 0.6) is 0 Å². The van der Waals surface area contributed by atoms with E-state index in [-0.39, 0.29) is 11.9 Å². The number of benzene rings is 2. The van der Waals surface area contributed by atoms with E-state index in [4.69, 9.17) is 11.6 Å². The molecule has 1 fully saturated rings. The lowest BCUT2D eigenvalue weighted by Gasteiger charge is -2.34. The number of anilines is 1. The lowest BCUT2D eigenvalue weighted by Crippen LogP contribution is -2.51. The minimum absolute atomic E-state index is 0.122. The third kappa shape index (κ3) is 4.56. The first kappa shape index (κ1) is 20.9. The van der Waals surface area contributed by atoms with Crippen LogP contribution in [0.4, 0.5) is 10.5 Å². The Labute approximate surface area is 186 Å². The first-order valence-corrected chi connectivity index (χ1v) is 10.5. The normalized spacial score (nSPS) is 13.9. The van der Waals surface area contributed by atoms with Gasteiger partial charge >= 0.3 is 6.03 Å². The molecule has 3 aromatic rings. The summed E-state index contributed by atoms with van der Waals surface area (Å²) in [5.41, 5.74) is 3.83. The predicted octanol–water partition coefficient (Wildman–Crippen LogP) is 4.13. The average molecular weight is 438 g/mol. The van der Waals surface area contributed by atoms with Crippen molar-refractivity contribution in [3.05, 3.63) is 76.6 Å². The number of carbonyl (C=O) groups is 2. The van der Waals surface area contributed by atoms with Crippen molar-refractivity contribution in [3.63, 3.8) is 0 Å². The Morgan fingerprint density at radius 3 is 2.29 bits per heavy atom. The molecule has 1 aliphatic heterocycles. The van der Waals surface area contributed by atoms with E-state index in [9.17, 15) is 9.59 Å². The molecule has 0 aliphatic carbocycles. The van der Waals surface area contributed by atoms with Crippen molar-refractivity contribution in [2.24, 2.45) is 0 Å². The Hall–Kier alpha value is -3.32. The summed E-state index contributed by atoms with van der Waals surface area (Å²) in [6, 6.07) is 16.7. The van der Waals surface area contributed by atoms with Gasteiger partial charge in [-0.2, -0.15) is 5.10 Å². The number of nitrogens with one attached hydrogen (secondary N) is 1. The van der Waals surface area contributed by atoms with Crippen LogP contribution >= 0.6 is 11.6 Å². The fourth-order valence-corrected chi connectivity index (χ4v) is 3.74. The summed E-state index contributed by atoms with van der Waals surface area (Å²) in [5, 5.41) is 7.98. The van der Waals surface area contributed by atoms with Crippen LogP contribution in [0.15, 0.2) is 54.6 Å². The zero-order valence-corrected chi connectivity index (χ0v) is 18.3. The highest BCUT2D eigenvalue weighted by Gasteiger charge is 2.26. The lowest BCUT2D eigenvalue weighted by atomic mass is 10.2. The van der Waals surface area contributed by atoms with Crippen LogP contribution in [-0.2, 0) is 0 Å². The molecule has 1 aliphatic rings. The van der Waals surface area contributed by atoms with E-state index >= 15 is 0 Å². The molecule has 1 N–H and O–H groups in total. The number of amides is 3. The van der Waals surface area contributed by atoms with Gasteiger partial charge in [-0.1, -0.05) is 35.9 Å². The first-order valence-electron chi connectivity index (χ1n) is 10.2. The van der Waals surface area contributed by atoms with Crippen LogP contribution in [0.3, 0.4) is 0 Å². The molecule has 1 aromatic heterocycles. The zero-order valence-electron chi connectivity index (χ0n) is 17.5. The van der Waals surface area contributed by atoms with Crippen LogP contribution in [0.2, 0.25) is 5.02 Å². The van der Waals surface area contributed by atoms with E-state index in [0.29, 0.717) is 42.6 Å². The van der Waals surface area contributed by atoms with E-state index < -0.39 is 0 Å². The largest absolute Gasteiger partial charge is 0.334 e. The number of halogens is 1. The highest BCUT2D eigenvalue weighted by molar-refractivity contribution is 6.31. The van der Waals surface area contributed by atoms with Crippen molar-refractivity contribution in [2.45, 2.75) is 13.8 Å². The summed E-state index contributed by atoms with van der Waals surface area (Å²) in [5.74, 6) is -0.122. The molecule has 31 heavy (non-hydrogen) atoms. The van der Waals surface area contributed by atoms with Gasteiger partial charge in [-0.15, -0.1) is 0 Å². The standard InChI is InChI=1S/C23H24ClN5O2/c1-16-8-9-18(15-20(16)24)25-23(31)28-12-10-27(11-13-28)22(30)21-14-17(2)29(26-21)19-6-4-3-5-7-19/h3-9,14-15H,10-13H2,1-2H3,(H,25,31). The average Bonchev–Trinajstić information content (AvgIpc) is 3.18. The number of nitrogens with zero attached hydrogens (tertiary/aromatic N) is 4. The summed E-state index contributed by atoms with van der Waals surface area (Å²) in [6.07, 6.45) is 0. The number of aromatic nitrogens is 2. The lowest BCUT2D eigenvalue weighted by molar-refractivity contribution is 0.0665. The van der Waals surface area contributed by atoms with E-state index in [1.165, 1.54) is 0 Å². The van der Waals surface area contributed by atoms with Gasteiger partial charge in [-0.3, -0.25) is 4.79 Å². The van der Waals surface area contributed by atoms with Crippen LogP contribution in [0, 0.1) is 13.8 Å². The molecular formula is C23H24ClN5O2. The number of hydrogen-bond donors (Lipinski definition) is 1. The van der Waals surface area contributed by atoms with Crippen molar-refractivity contribution in [2.75, 3.05) is 31.5 Å². The van der Waals surface area contributed by atoms with Crippen LogP contribution in [0.25, 0.3) is 5.69 Å². The Kier molecular flexibility index (Phi) is 5.95. The van der Waals surface area contributed by atoms with Crippen molar-refractivity contribution in [1.29, 1.82) is 0 Å². The Morgan fingerprint density at radius 2 is 1.61 bits per heavy atom. The molecule has 3 amide bonds. The number of urea groups is 1. The maximum Gasteiger partial charge on any atom is 0.321 e. The Morgan fingerprint density at radius 1 is 0.935 bits per heavy atom. The summed E-state index contributed by atoms with van der Waals surface area (Å²) in [7, 11) is 0. The fourth-order valence-electron chi connectivity index (χ4n) is 3.56. The topological polar surface area (TPSA) is 70.5 Å². The molecular weight excluding hydrogens is 414 g/mol. The van der Waals surface area contributed by atoms with Crippen molar-refractivity contribution < 1.29 is 9.59 Å². The number of para-hydroxylation sites is 1. The molecule has 4 rings (SSSR count). The van der Waals surface area contributed by atoms with Crippen molar-refractivity contribution >= 4 is 29.2 Å². The molecule has 0 bridgehead atoms. The van der Waals surface area contributed by atoms with E-state index in [1.807, 2.05) is 56.3 Å². The Balaban J connectivity index is 1.37. The quantitative estimate of drug-likeness (QED) is 0.669. The van der Waals surface area contributed by atoms with Crippen molar-refractivity contribution in [1.82, 2.24) is 19.6 Å². The molecule has 0 radical (unpaired) electrons. The van der Waals surface area contributed by atoms with Gasteiger partial charge < -0.3 is 15.1 Å². The minimum Gasteiger partial charge on any atom is -0.334 e. The molecule has 1 saturated heterocycles. The molecule has 0 saturated carbocycles. The van der Waals surface area contributed by atoms with Gasteiger partial charge in [-0.25, -0.2) is 9.48 Å². The molecule has 0 unspecified atom stereocenters. The highest BCUT2D eigenvalue weighted by Crippen LogP contribution is 2.20. The molecule has 2 aromatic carbocycles. The first-order chi connectivity index (χ1) is 14.9. The smallest absolute Gasteiger partial charge is 0.321 e. The van der Waals surface area contributed by atoms with Crippen molar-refractivity contribution in [3.8, 4) is 5.69 Å². The molecule has 7 nitrogen and oxygen atoms in total. The number of hydrogen-bond acceptors (Lipinski definition) is 3. The van der Waals surface area contributed by atoms with E-state index in [0.717, 1.165) is 16.9 Å². The van der Waals surface area contributed by atoms with Gasteiger partial charge in [0.25, 0.3) is 5.91 Å². The van der Waals surface area contributed by atoms with E-state index in [2.05, 4.69) is 10.4 Å². The Bertz CT molecular complexity index is 1100. The third-order valence-corrected chi connectivity index (χ3v) is 5.79. The van der Waals surface area contributed by atoms with Gasteiger partial charge in [0.2, 0.25) is 0 Å². The number of carbonyl (C=O) groups excluding carboxylic acids is 2. The van der Waals surface area contributed by atoms with Crippen LogP contribution in [-0.4, -0.2) is 57.7 Å². The second-order valence-corrected chi connectivity index (χ2v) is 8.00. The molecule has 2 heterocycles. The summed E-state index contributed by atoms with van der Waals surface area (Å²) in [4.78, 5) is 29.0. The third-order valence-electron chi connectivity index (χ3n) is 5.38. The van der Waals surface area contributed by atoms with Gasteiger partial charge in [0.15, 0.2) is 5.69 Å². The fraction of sp³-hybridized carbons (Fsp3) is 0.261. The minimum atomic E-state index is -0.198. The monoisotopic (exact) mass is 437 g/mol. The van der Waals surface area contributed by atoms with Gasteiger partial charge in [-0.05, 0) is 49.7 Å². The second-order valence-electron chi connectivity index (χ2n) is 7.59. The molecule has 160 valence electrons. The summed E-state index contributed by atoms with van der Waals surface area (Å²) in [6.45, 7) is 5.66. The van der Waals surface area contributed by atoms with Gasteiger partial charge in [0.05, 0.1) is 5.69 Å². The maximum absolute atomic E-state index is 12.9. The number of aryl methyl sites for hydroxylation is 2. The maximum atomic E-state index is 12.9. The number of piperazine rings is 1. The second kappa shape index (κ2) is 8.81. The van der Waals surface area contributed by atoms with Gasteiger partial charge in [0.1, 0.15) is 0 Å². The van der Waals surface area contributed by atoms with E-state index in [1.54, 1.807) is 26.6 Å². The predicted molar refractivity (Wildman–Crippen MR) is 121 cm³/mol. The molecule has 8 heteroatoms. The number of rotatable bonds is 3. The summed E-state index contributed by atoms with van der Waals surface area (Å²) < 4.78 is 1.77.